The van der Waals surface area contributed by atoms with Crippen molar-refractivity contribution < 1.29 is 9.59 Å². The predicted molar refractivity (Wildman–Crippen MR) is 117 cm³/mol. The van der Waals surface area contributed by atoms with Crippen molar-refractivity contribution in [2.45, 2.75) is 31.8 Å². The molecule has 9 heteroatoms. The van der Waals surface area contributed by atoms with Crippen molar-refractivity contribution in [3.05, 3.63) is 63.0 Å². The SMILES string of the molecule is O=C(Nc1ccc(Cl)cc1Cl)C1CCCCN1C(=O)Cn1c(=O)[nH]c2ccccc21. The second-order valence-corrected chi connectivity index (χ2v) is 8.09. The van der Waals surface area contributed by atoms with Gasteiger partial charge < -0.3 is 15.2 Å². The molecule has 0 bridgehead atoms. The summed E-state index contributed by atoms with van der Waals surface area (Å²) in [6.45, 7) is 0.330. The van der Waals surface area contributed by atoms with Crippen molar-refractivity contribution in [3.63, 3.8) is 0 Å². The highest BCUT2D eigenvalue weighted by atomic mass is 35.5. The van der Waals surface area contributed by atoms with Gasteiger partial charge in [-0.15, -0.1) is 0 Å². The first kappa shape index (κ1) is 20.5. The number of carbonyl (C=O) groups is 2. The van der Waals surface area contributed by atoms with Crippen LogP contribution in [0.25, 0.3) is 11.0 Å². The fourth-order valence-corrected chi connectivity index (χ4v) is 4.26. The van der Waals surface area contributed by atoms with E-state index in [4.69, 9.17) is 23.2 Å². The molecule has 2 amide bonds. The quantitative estimate of drug-likeness (QED) is 0.640. The molecule has 3 aromatic rings. The summed E-state index contributed by atoms with van der Waals surface area (Å²) < 4.78 is 1.40. The number of rotatable bonds is 4. The number of fused-ring (bicyclic) bond motifs is 1. The highest BCUT2D eigenvalue weighted by Crippen LogP contribution is 2.27. The lowest BCUT2D eigenvalue weighted by Crippen LogP contribution is -2.51. The van der Waals surface area contributed by atoms with Crippen LogP contribution in [0.5, 0.6) is 0 Å². The van der Waals surface area contributed by atoms with Crippen LogP contribution in [0.4, 0.5) is 5.69 Å². The Morgan fingerprint density at radius 1 is 1.13 bits per heavy atom. The zero-order chi connectivity index (χ0) is 21.3. The van der Waals surface area contributed by atoms with E-state index in [-0.39, 0.29) is 24.0 Å². The summed E-state index contributed by atoms with van der Waals surface area (Å²) in [7, 11) is 0. The van der Waals surface area contributed by atoms with Gasteiger partial charge in [0, 0.05) is 11.6 Å². The van der Waals surface area contributed by atoms with E-state index >= 15 is 0 Å². The molecule has 2 heterocycles. The molecule has 0 saturated carbocycles. The smallest absolute Gasteiger partial charge is 0.326 e. The molecular formula is C21H20Cl2N4O3. The number of aromatic amines is 1. The second kappa shape index (κ2) is 8.53. The van der Waals surface area contributed by atoms with Gasteiger partial charge in [0.05, 0.1) is 21.7 Å². The Kier molecular flexibility index (Phi) is 5.83. The maximum atomic E-state index is 13.1. The number of benzene rings is 2. The lowest BCUT2D eigenvalue weighted by atomic mass is 10.0. The molecule has 2 N–H and O–H groups in total. The average molecular weight is 447 g/mol. The summed E-state index contributed by atoms with van der Waals surface area (Å²) >= 11 is 12.1. The highest BCUT2D eigenvalue weighted by Gasteiger charge is 2.32. The van der Waals surface area contributed by atoms with Gasteiger partial charge in [0.15, 0.2) is 0 Å². The normalized spacial score (nSPS) is 16.6. The van der Waals surface area contributed by atoms with Crippen molar-refractivity contribution in [1.82, 2.24) is 14.5 Å². The molecule has 1 atom stereocenters. The first-order valence-corrected chi connectivity index (χ1v) is 10.4. The lowest BCUT2D eigenvalue weighted by molar-refractivity contribution is -0.140. The van der Waals surface area contributed by atoms with Crippen LogP contribution in [-0.4, -0.2) is 38.9 Å². The van der Waals surface area contributed by atoms with E-state index < -0.39 is 6.04 Å². The van der Waals surface area contributed by atoms with Crippen molar-refractivity contribution in [2.24, 2.45) is 0 Å². The molecule has 1 aromatic heterocycles. The van der Waals surface area contributed by atoms with Crippen molar-refractivity contribution >= 4 is 51.7 Å². The van der Waals surface area contributed by atoms with Gasteiger partial charge in [0.25, 0.3) is 0 Å². The average Bonchev–Trinajstić information content (AvgIpc) is 3.05. The van der Waals surface area contributed by atoms with E-state index in [1.165, 1.54) is 4.57 Å². The molecular weight excluding hydrogens is 427 g/mol. The monoisotopic (exact) mass is 446 g/mol. The first-order chi connectivity index (χ1) is 14.4. The molecule has 1 fully saturated rings. The number of aromatic nitrogens is 2. The van der Waals surface area contributed by atoms with Gasteiger partial charge in [0.1, 0.15) is 12.6 Å². The van der Waals surface area contributed by atoms with Gasteiger partial charge in [-0.05, 0) is 49.6 Å². The van der Waals surface area contributed by atoms with Crippen LogP contribution >= 0.6 is 23.2 Å². The van der Waals surface area contributed by atoms with Crippen LogP contribution in [0.2, 0.25) is 10.0 Å². The number of hydrogen-bond donors (Lipinski definition) is 2. The summed E-state index contributed by atoms with van der Waals surface area (Å²) in [5.41, 5.74) is 1.41. The molecule has 30 heavy (non-hydrogen) atoms. The Labute approximate surface area is 182 Å². The van der Waals surface area contributed by atoms with Gasteiger partial charge in [-0.25, -0.2) is 4.79 Å². The number of carbonyl (C=O) groups excluding carboxylic acids is 2. The first-order valence-electron chi connectivity index (χ1n) is 9.67. The van der Waals surface area contributed by atoms with E-state index in [9.17, 15) is 14.4 Å². The minimum absolute atomic E-state index is 0.131. The number of amides is 2. The summed E-state index contributed by atoms with van der Waals surface area (Å²) in [6.07, 6.45) is 2.19. The molecule has 0 radical (unpaired) electrons. The second-order valence-electron chi connectivity index (χ2n) is 7.25. The number of nitrogens with zero attached hydrogens (tertiary/aromatic N) is 2. The van der Waals surface area contributed by atoms with Crippen LogP contribution in [-0.2, 0) is 16.1 Å². The van der Waals surface area contributed by atoms with Crippen molar-refractivity contribution in [1.29, 1.82) is 0 Å². The van der Waals surface area contributed by atoms with Gasteiger partial charge in [-0.3, -0.25) is 14.2 Å². The zero-order valence-electron chi connectivity index (χ0n) is 16.0. The number of anilines is 1. The summed E-state index contributed by atoms with van der Waals surface area (Å²) in [4.78, 5) is 42.6. The molecule has 2 aromatic carbocycles. The Hall–Kier alpha value is -2.77. The molecule has 7 nitrogen and oxygen atoms in total. The minimum atomic E-state index is -0.626. The van der Waals surface area contributed by atoms with Gasteiger partial charge >= 0.3 is 5.69 Å². The van der Waals surface area contributed by atoms with Crippen LogP contribution in [0.1, 0.15) is 19.3 Å². The summed E-state index contributed by atoms with van der Waals surface area (Å²) in [5, 5.41) is 3.59. The number of halogens is 2. The maximum absolute atomic E-state index is 13.1. The molecule has 1 saturated heterocycles. The third-order valence-electron chi connectivity index (χ3n) is 5.29. The molecule has 4 rings (SSSR count). The Morgan fingerprint density at radius 2 is 1.93 bits per heavy atom. The predicted octanol–water partition coefficient (Wildman–Crippen LogP) is 3.66. The number of piperidine rings is 1. The minimum Gasteiger partial charge on any atom is -0.329 e. The van der Waals surface area contributed by atoms with E-state index in [0.29, 0.717) is 39.7 Å². The Balaban J connectivity index is 1.54. The fourth-order valence-electron chi connectivity index (χ4n) is 3.80. The largest absolute Gasteiger partial charge is 0.329 e. The molecule has 156 valence electrons. The fraction of sp³-hybridized carbons (Fsp3) is 0.286. The third-order valence-corrected chi connectivity index (χ3v) is 5.84. The van der Waals surface area contributed by atoms with E-state index in [2.05, 4.69) is 10.3 Å². The number of nitrogens with one attached hydrogen (secondary N) is 2. The standard InChI is InChI=1S/C21H20Cl2N4O3/c22-13-8-9-15(14(23)11-13)24-20(29)18-7-3-4-10-26(18)19(28)12-27-17-6-2-1-5-16(17)25-21(27)30/h1-2,5-6,8-9,11,18H,3-4,7,10,12H2,(H,24,29)(H,25,30). The van der Waals surface area contributed by atoms with E-state index in [1.807, 2.05) is 12.1 Å². The van der Waals surface area contributed by atoms with Gasteiger partial charge in [-0.2, -0.15) is 0 Å². The molecule has 1 aliphatic heterocycles. The number of H-pyrrole nitrogens is 1. The van der Waals surface area contributed by atoms with Crippen molar-refractivity contribution in [3.8, 4) is 0 Å². The zero-order valence-corrected chi connectivity index (χ0v) is 17.5. The topological polar surface area (TPSA) is 87.2 Å². The van der Waals surface area contributed by atoms with E-state index in [0.717, 1.165) is 12.8 Å². The van der Waals surface area contributed by atoms with Gasteiger partial charge in [-0.1, -0.05) is 35.3 Å². The molecule has 1 aliphatic rings. The van der Waals surface area contributed by atoms with Crippen LogP contribution in [0.15, 0.2) is 47.3 Å². The van der Waals surface area contributed by atoms with E-state index in [1.54, 1.807) is 35.2 Å². The lowest BCUT2D eigenvalue weighted by Gasteiger charge is -2.34. The van der Waals surface area contributed by atoms with Crippen molar-refractivity contribution in [2.75, 3.05) is 11.9 Å². The van der Waals surface area contributed by atoms with Crippen LogP contribution in [0.3, 0.4) is 0 Å². The highest BCUT2D eigenvalue weighted by molar-refractivity contribution is 6.36. The molecule has 0 aliphatic carbocycles. The third kappa shape index (κ3) is 4.08. The number of hydrogen-bond acceptors (Lipinski definition) is 3. The number of likely N-dealkylation sites (tertiary alicyclic amines) is 1. The summed E-state index contributed by atoms with van der Waals surface area (Å²) in [5.74, 6) is -0.581. The Morgan fingerprint density at radius 3 is 2.73 bits per heavy atom. The number of imidazole rings is 1. The Bertz CT molecular complexity index is 1170. The maximum Gasteiger partial charge on any atom is 0.326 e. The van der Waals surface area contributed by atoms with Crippen LogP contribution in [0, 0.1) is 0 Å². The number of para-hydroxylation sites is 2. The molecule has 0 spiro atoms. The summed E-state index contributed by atoms with van der Waals surface area (Å²) in [6, 6.07) is 11.4. The molecule has 1 unspecified atom stereocenters. The van der Waals surface area contributed by atoms with Crippen LogP contribution < -0.4 is 11.0 Å². The van der Waals surface area contributed by atoms with Gasteiger partial charge in [0.2, 0.25) is 11.8 Å².